The number of hydrogen-bond acceptors (Lipinski definition) is 4. The molecule has 1 fully saturated rings. The lowest BCUT2D eigenvalue weighted by molar-refractivity contribution is 0.199. The van der Waals surface area contributed by atoms with E-state index in [1.165, 1.54) is 0 Å². The Morgan fingerprint density at radius 1 is 1.29 bits per heavy atom. The van der Waals surface area contributed by atoms with Gasteiger partial charge in [0.05, 0.1) is 6.10 Å². The van der Waals surface area contributed by atoms with Crippen LogP contribution < -0.4 is 4.90 Å². The molecule has 0 saturated carbocycles. The molecule has 4 nitrogen and oxygen atoms in total. The standard InChI is InChI=1S/C13H21N3O/c1-3-15-6-8-16(9-7-15)13-5-4-12(10-14-13)11(2)17/h4-5,10-11,17H,3,6-9H2,1-2H3. The number of anilines is 1. The molecule has 1 aromatic rings. The van der Waals surface area contributed by atoms with Gasteiger partial charge in [0.2, 0.25) is 0 Å². The maximum absolute atomic E-state index is 9.43. The van der Waals surface area contributed by atoms with Crippen molar-refractivity contribution in [1.29, 1.82) is 0 Å². The number of aliphatic hydroxyl groups is 1. The first-order valence-corrected chi connectivity index (χ1v) is 6.32. The van der Waals surface area contributed by atoms with Gasteiger partial charge < -0.3 is 14.9 Å². The van der Waals surface area contributed by atoms with Crippen LogP contribution in [0.2, 0.25) is 0 Å². The van der Waals surface area contributed by atoms with Crippen molar-refractivity contribution in [3.05, 3.63) is 23.9 Å². The Labute approximate surface area is 103 Å². The van der Waals surface area contributed by atoms with Crippen molar-refractivity contribution >= 4 is 5.82 Å². The molecule has 0 amide bonds. The van der Waals surface area contributed by atoms with Crippen molar-refractivity contribution in [3.8, 4) is 0 Å². The van der Waals surface area contributed by atoms with E-state index < -0.39 is 6.10 Å². The molecule has 1 aliphatic heterocycles. The number of pyridine rings is 1. The first-order chi connectivity index (χ1) is 8.20. The van der Waals surface area contributed by atoms with Gasteiger partial charge in [0.15, 0.2) is 0 Å². The number of hydrogen-bond donors (Lipinski definition) is 1. The molecule has 1 unspecified atom stereocenters. The highest BCUT2D eigenvalue weighted by molar-refractivity contribution is 5.40. The van der Waals surface area contributed by atoms with E-state index in [0.717, 1.165) is 44.1 Å². The van der Waals surface area contributed by atoms with Crippen molar-refractivity contribution in [1.82, 2.24) is 9.88 Å². The summed E-state index contributed by atoms with van der Waals surface area (Å²) in [5, 5.41) is 9.43. The lowest BCUT2D eigenvalue weighted by Crippen LogP contribution is -2.46. The SMILES string of the molecule is CCN1CCN(c2ccc(C(C)O)cn2)CC1. The van der Waals surface area contributed by atoms with E-state index in [2.05, 4.69) is 21.7 Å². The van der Waals surface area contributed by atoms with Crippen LogP contribution in [0.15, 0.2) is 18.3 Å². The zero-order valence-electron chi connectivity index (χ0n) is 10.6. The third-order valence-corrected chi connectivity index (χ3v) is 3.40. The molecule has 0 aliphatic carbocycles. The lowest BCUT2D eigenvalue weighted by Gasteiger charge is -2.34. The molecule has 1 aliphatic rings. The fraction of sp³-hybridized carbons (Fsp3) is 0.615. The maximum atomic E-state index is 9.43. The normalized spacial score (nSPS) is 19.4. The van der Waals surface area contributed by atoms with Crippen LogP contribution in [0.3, 0.4) is 0 Å². The topological polar surface area (TPSA) is 39.6 Å². The molecule has 4 heteroatoms. The highest BCUT2D eigenvalue weighted by Gasteiger charge is 2.16. The second-order valence-electron chi connectivity index (χ2n) is 4.55. The van der Waals surface area contributed by atoms with Gasteiger partial charge in [0, 0.05) is 32.4 Å². The predicted molar refractivity (Wildman–Crippen MR) is 69.2 cm³/mol. The predicted octanol–water partition coefficient (Wildman–Crippen LogP) is 1.28. The fourth-order valence-electron chi connectivity index (χ4n) is 2.12. The van der Waals surface area contributed by atoms with E-state index in [4.69, 9.17) is 0 Å². The second kappa shape index (κ2) is 5.47. The van der Waals surface area contributed by atoms with Crippen LogP contribution in [0, 0.1) is 0 Å². The number of aliphatic hydroxyl groups excluding tert-OH is 1. The lowest BCUT2D eigenvalue weighted by atomic mass is 10.2. The first-order valence-electron chi connectivity index (χ1n) is 6.32. The molecule has 2 rings (SSSR count). The largest absolute Gasteiger partial charge is 0.389 e. The third kappa shape index (κ3) is 2.96. The Morgan fingerprint density at radius 2 is 2.00 bits per heavy atom. The minimum Gasteiger partial charge on any atom is -0.389 e. The minimum absolute atomic E-state index is 0.437. The van der Waals surface area contributed by atoms with Gasteiger partial charge in [-0.3, -0.25) is 0 Å². The van der Waals surface area contributed by atoms with Crippen molar-refractivity contribution in [2.45, 2.75) is 20.0 Å². The quantitative estimate of drug-likeness (QED) is 0.856. The second-order valence-corrected chi connectivity index (χ2v) is 4.55. The molecule has 1 atom stereocenters. The van der Waals surface area contributed by atoms with Crippen molar-refractivity contribution < 1.29 is 5.11 Å². The van der Waals surface area contributed by atoms with Gasteiger partial charge in [0.25, 0.3) is 0 Å². The van der Waals surface area contributed by atoms with Crippen molar-refractivity contribution in [3.63, 3.8) is 0 Å². The Bertz CT molecular complexity index is 342. The Morgan fingerprint density at radius 3 is 2.47 bits per heavy atom. The molecule has 0 spiro atoms. The Kier molecular flexibility index (Phi) is 3.97. The van der Waals surface area contributed by atoms with Gasteiger partial charge in [-0.15, -0.1) is 0 Å². The highest BCUT2D eigenvalue weighted by Crippen LogP contribution is 2.17. The number of aromatic nitrogens is 1. The summed E-state index contributed by atoms with van der Waals surface area (Å²) in [7, 11) is 0. The average molecular weight is 235 g/mol. The van der Waals surface area contributed by atoms with Crippen molar-refractivity contribution in [2.24, 2.45) is 0 Å². The van der Waals surface area contributed by atoms with E-state index in [0.29, 0.717) is 0 Å². The zero-order valence-corrected chi connectivity index (χ0v) is 10.6. The van der Waals surface area contributed by atoms with E-state index in [1.807, 2.05) is 12.1 Å². The van der Waals surface area contributed by atoms with E-state index in [-0.39, 0.29) is 0 Å². The van der Waals surface area contributed by atoms with Crippen LogP contribution in [-0.4, -0.2) is 47.7 Å². The maximum Gasteiger partial charge on any atom is 0.128 e. The summed E-state index contributed by atoms with van der Waals surface area (Å²) in [5.74, 6) is 1.02. The van der Waals surface area contributed by atoms with Crippen LogP contribution in [0.4, 0.5) is 5.82 Å². The number of rotatable bonds is 3. The van der Waals surface area contributed by atoms with Crippen LogP contribution in [-0.2, 0) is 0 Å². The number of piperazine rings is 1. The smallest absolute Gasteiger partial charge is 0.128 e. The van der Waals surface area contributed by atoms with Gasteiger partial charge in [-0.2, -0.15) is 0 Å². The molecule has 1 saturated heterocycles. The zero-order chi connectivity index (χ0) is 12.3. The van der Waals surface area contributed by atoms with Crippen LogP contribution in [0.1, 0.15) is 25.5 Å². The third-order valence-electron chi connectivity index (χ3n) is 3.40. The number of nitrogens with zero attached hydrogens (tertiary/aromatic N) is 3. The van der Waals surface area contributed by atoms with E-state index >= 15 is 0 Å². The van der Waals surface area contributed by atoms with Crippen LogP contribution in [0.5, 0.6) is 0 Å². The summed E-state index contributed by atoms with van der Waals surface area (Å²) >= 11 is 0. The molecular weight excluding hydrogens is 214 g/mol. The summed E-state index contributed by atoms with van der Waals surface area (Å²) in [6.45, 7) is 9.38. The number of likely N-dealkylation sites (N-methyl/N-ethyl adjacent to an activating group) is 1. The van der Waals surface area contributed by atoms with Crippen molar-refractivity contribution in [2.75, 3.05) is 37.6 Å². The summed E-state index contributed by atoms with van der Waals surface area (Å²) in [4.78, 5) is 9.17. The Balaban J connectivity index is 1.99. The first kappa shape index (κ1) is 12.3. The summed E-state index contributed by atoms with van der Waals surface area (Å²) < 4.78 is 0. The minimum atomic E-state index is -0.437. The Hall–Kier alpha value is -1.13. The molecule has 0 radical (unpaired) electrons. The van der Waals surface area contributed by atoms with E-state index in [1.54, 1.807) is 13.1 Å². The molecule has 17 heavy (non-hydrogen) atoms. The molecular formula is C13H21N3O. The fourth-order valence-corrected chi connectivity index (χ4v) is 2.12. The van der Waals surface area contributed by atoms with Gasteiger partial charge in [-0.05, 0) is 25.1 Å². The molecule has 94 valence electrons. The summed E-state index contributed by atoms with van der Waals surface area (Å²) in [5.41, 5.74) is 0.876. The van der Waals surface area contributed by atoms with Gasteiger partial charge in [-0.1, -0.05) is 13.0 Å². The van der Waals surface area contributed by atoms with E-state index in [9.17, 15) is 5.11 Å². The monoisotopic (exact) mass is 235 g/mol. The molecule has 1 N–H and O–H groups in total. The summed E-state index contributed by atoms with van der Waals surface area (Å²) in [6.07, 6.45) is 1.33. The van der Waals surface area contributed by atoms with Gasteiger partial charge in [-0.25, -0.2) is 4.98 Å². The highest BCUT2D eigenvalue weighted by atomic mass is 16.3. The van der Waals surface area contributed by atoms with Crippen LogP contribution in [0.25, 0.3) is 0 Å². The molecule has 1 aromatic heterocycles. The summed E-state index contributed by atoms with van der Waals surface area (Å²) in [6, 6.07) is 3.96. The average Bonchev–Trinajstić information content (AvgIpc) is 2.39. The molecule has 0 aromatic carbocycles. The van der Waals surface area contributed by atoms with Gasteiger partial charge >= 0.3 is 0 Å². The molecule has 0 bridgehead atoms. The molecule has 2 heterocycles. The van der Waals surface area contributed by atoms with Crippen LogP contribution >= 0.6 is 0 Å². The van der Waals surface area contributed by atoms with Gasteiger partial charge in [0.1, 0.15) is 5.82 Å².